The average molecular weight is 418 g/mol. The third-order valence-electron chi connectivity index (χ3n) is 6.60. The standard InChI is InChI=1S/C23H18N2O6/c26-11-15-5-13-9-23(10-14(13)6-16(15)12-27)21-7-17(24(28)29)1-3-19(21)20-4-2-18(25(30)31)8-22(20)23/h1-8,26-27H,9-12H2. The molecule has 0 saturated carbocycles. The van der Waals surface area contributed by atoms with Crippen LogP contribution >= 0.6 is 0 Å². The molecule has 8 heteroatoms. The second-order valence-electron chi connectivity index (χ2n) is 8.12. The van der Waals surface area contributed by atoms with Gasteiger partial charge in [-0.05, 0) is 69.5 Å². The molecule has 3 aromatic carbocycles. The van der Waals surface area contributed by atoms with Crippen LogP contribution in [0.5, 0.6) is 0 Å². The number of hydrogen-bond acceptors (Lipinski definition) is 6. The minimum atomic E-state index is -0.675. The molecule has 0 saturated heterocycles. The third kappa shape index (κ3) is 2.69. The van der Waals surface area contributed by atoms with Crippen LogP contribution in [0.25, 0.3) is 11.1 Å². The highest BCUT2D eigenvalue weighted by molar-refractivity contribution is 5.84. The van der Waals surface area contributed by atoms with Crippen LogP contribution in [0.2, 0.25) is 0 Å². The number of aliphatic hydroxyl groups is 2. The Labute approximate surface area is 176 Å². The molecular weight excluding hydrogens is 400 g/mol. The normalized spacial score (nSPS) is 14.9. The van der Waals surface area contributed by atoms with Gasteiger partial charge in [0.05, 0.1) is 23.1 Å². The lowest BCUT2D eigenvalue weighted by Gasteiger charge is -2.26. The molecule has 0 aromatic heterocycles. The lowest BCUT2D eigenvalue weighted by atomic mass is 9.75. The number of fused-ring (bicyclic) bond motifs is 6. The lowest BCUT2D eigenvalue weighted by Crippen LogP contribution is -2.26. The first-order valence-electron chi connectivity index (χ1n) is 9.81. The third-order valence-corrected chi connectivity index (χ3v) is 6.60. The molecule has 5 rings (SSSR count). The van der Waals surface area contributed by atoms with Crippen molar-refractivity contribution in [3.63, 3.8) is 0 Å². The van der Waals surface area contributed by atoms with E-state index in [1.807, 2.05) is 12.1 Å². The van der Waals surface area contributed by atoms with Crippen LogP contribution in [0, 0.1) is 20.2 Å². The van der Waals surface area contributed by atoms with E-state index in [0.29, 0.717) is 24.0 Å². The van der Waals surface area contributed by atoms with Gasteiger partial charge < -0.3 is 10.2 Å². The van der Waals surface area contributed by atoms with Crippen molar-refractivity contribution in [2.75, 3.05) is 0 Å². The first-order chi connectivity index (χ1) is 14.9. The van der Waals surface area contributed by atoms with E-state index >= 15 is 0 Å². The summed E-state index contributed by atoms with van der Waals surface area (Å²) in [5.74, 6) is 0. The topological polar surface area (TPSA) is 127 Å². The molecule has 156 valence electrons. The van der Waals surface area contributed by atoms with Gasteiger partial charge in [0.2, 0.25) is 0 Å². The number of non-ortho nitro benzene ring substituents is 2. The molecule has 0 unspecified atom stereocenters. The Morgan fingerprint density at radius 2 is 1.16 bits per heavy atom. The molecule has 3 aromatic rings. The second-order valence-corrected chi connectivity index (χ2v) is 8.12. The van der Waals surface area contributed by atoms with Crippen molar-refractivity contribution < 1.29 is 20.1 Å². The summed E-state index contributed by atoms with van der Waals surface area (Å²) < 4.78 is 0. The summed E-state index contributed by atoms with van der Waals surface area (Å²) in [6, 6.07) is 13.2. The van der Waals surface area contributed by atoms with Gasteiger partial charge in [-0.1, -0.05) is 12.1 Å². The molecule has 8 nitrogen and oxygen atoms in total. The highest BCUT2D eigenvalue weighted by Gasteiger charge is 2.48. The average Bonchev–Trinajstić information content (AvgIpc) is 3.27. The first kappa shape index (κ1) is 19.3. The number of hydrogen-bond donors (Lipinski definition) is 2. The van der Waals surface area contributed by atoms with E-state index in [2.05, 4.69) is 0 Å². The van der Waals surface area contributed by atoms with Crippen LogP contribution in [0.4, 0.5) is 11.4 Å². The summed E-state index contributed by atoms with van der Waals surface area (Å²) in [5.41, 5.74) is 5.73. The number of nitro benzene ring substituents is 2. The van der Waals surface area contributed by atoms with Gasteiger partial charge >= 0.3 is 0 Å². The molecule has 0 aliphatic heterocycles. The van der Waals surface area contributed by atoms with Crippen LogP contribution in [0.15, 0.2) is 48.5 Å². The highest BCUT2D eigenvalue weighted by Crippen LogP contribution is 2.56. The van der Waals surface area contributed by atoms with Crippen molar-refractivity contribution in [2.45, 2.75) is 31.5 Å². The van der Waals surface area contributed by atoms with E-state index in [4.69, 9.17) is 0 Å². The number of rotatable bonds is 4. The molecule has 1 spiro atoms. The molecule has 2 N–H and O–H groups in total. The zero-order valence-electron chi connectivity index (χ0n) is 16.4. The van der Waals surface area contributed by atoms with Crippen LogP contribution < -0.4 is 0 Å². The van der Waals surface area contributed by atoms with Crippen LogP contribution in [0.3, 0.4) is 0 Å². The number of nitrogens with zero attached hydrogens (tertiary/aromatic N) is 2. The van der Waals surface area contributed by atoms with Gasteiger partial charge in [-0.2, -0.15) is 0 Å². The van der Waals surface area contributed by atoms with E-state index in [1.165, 1.54) is 12.1 Å². The smallest absolute Gasteiger partial charge is 0.269 e. The maximum atomic E-state index is 11.5. The molecule has 0 bridgehead atoms. The fourth-order valence-corrected chi connectivity index (χ4v) is 5.21. The zero-order valence-corrected chi connectivity index (χ0v) is 16.4. The van der Waals surface area contributed by atoms with Gasteiger partial charge in [-0.15, -0.1) is 0 Å². The summed E-state index contributed by atoms with van der Waals surface area (Å²) in [7, 11) is 0. The Kier molecular flexibility index (Phi) is 4.18. The van der Waals surface area contributed by atoms with Crippen molar-refractivity contribution in [3.05, 3.63) is 102 Å². The van der Waals surface area contributed by atoms with Gasteiger partial charge in [0, 0.05) is 29.7 Å². The lowest BCUT2D eigenvalue weighted by molar-refractivity contribution is -0.385. The highest BCUT2D eigenvalue weighted by atomic mass is 16.6. The summed E-state index contributed by atoms with van der Waals surface area (Å²) in [5, 5.41) is 42.3. The van der Waals surface area contributed by atoms with E-state index in [9.17, 15) is 30.4 Å². The van der Waals surface area contributed by atoms with Crippen molar-refractivity contribution in [3.8, 4) is 11.1 Å². The van der Waals surface area contributed by atoms with E-state index in [1.54, 1.807) is 24.3 Å². The van der Waals surface area contributed by atoms with E-state index in [-0.39, 0.29) is 24.6 Å². The molecule has 2 aliphatic rings. The summed E-state index contributed by atoms with van der Waals surface area (Å²) in [6.07, 6.45) is 1.01. The Hall–Kier alpha value is -3.62. The van der Waals surface area contributed by atoms with Crippen LogP contribution in [-0.2, 0) is 31.5 Å². The van der Waals surface area contributed by atoms with Crippen molar-refractivity contribution in [1.82, 2.24) is 0 Å². The molecule has 2 aliphatic carbocycles. The zero-order chi connectivity index (χ0) is 21.9. The van der Waals surface area contributed by atoms with Crippen molar-refractivity contribution >= 4 is 11.4 Å². The van der Waals surface area contributed by atoms with Gasteiger partial charge in [-0.25, -0.2) is 0 Å². The van der Waals surface area contributed by atoms with Crippen molar-refractivity contribution in [2.24, 2.45) is 0 Å². The first-order valence-corrected chi connectivity index (χ1v) is 9.81. The quantitative estimate of drug-likeness (QED) is 0.493. The Morgan fingerprint density at radius 3 is 1.52 bits per heavy atom. The molecule has 0 fully saturated rings. The van der Waals surface area contributed by atoms with Crippen LogP contribution in [-0.4, -0.2) is 20.1 Å². The Bertz CT molecular complexity index is 1180. The predicted octanol–water partition coefficient (Wildman–Crippen LogP) is 3.55. The summed E-state index contributed by atoms with van der Waals surface area (Å²) >= 11 is 0. The Morgan fingerprint density at radius 1 is 0.742 bits per heavy atom. The maximum Gasteiger partial charge on any atom is 0.269 e. The number of nitro groups is 2. The molecule has 31 heavy (non-hydrogen) atoms. The summed E-state index contributed by atoms with van der Waals surface area (Å²) in [4.78, 5) is 22.1. The molecule has 0 amide bonds. The fraction of sp³-hybridized carbons (Fsp3) is 0.217. The monoisotopic (exact) mass is 418 g/mol. The largest absolute Gasteiger partial charge is 0.392 e. The van der Waals surface area contributed by atoms with Crippen LogP contribution in [0.1, 0.15) is 33.4 Å². The van der Waals surface area contributed by atoms with E-state index in [0.717, 1.165) is 33.4 Å². The fourth-order valence-electron chi connectivity index (χ4n) is 5.21. The maximum absolute atomic E-state index is 11.5. The molecular formula is C23H18N2O6. The van der Waals surface area contributed by atoms with E-state index < -0.39 is 15.3 Å². The van der Waals surface area contributed by atoms with Gasteiger partial charge in [-0.3, -0.25) is 20.2 Å². The summed E-state index contributed by atoms with van der Waals surface area (Å²) in [6.45, 7) is -0.416. The van der Waals surface area contributed by atoms with Gasteiger partial charge in [0.1, 0.15) is 0 Å². The van der Waals surface area contributed by atoms with Gasteiger partial charge in [0.15, 0.2) is 0 Å². The molecule has 0 atom stereocenters. The predicted molar refractivity (Wildman–Crippen MR) is 112 cm³/mol. The number of benzene rings is 3. The Balaban J connectivity index is 1.76. The molecule has 0 heterocycles. The minimum absolute atomic E-state index is 0.0246. The van der Waals surface area contributed by atoms with Crippen molar-refractivity contribution in [1.29, 1.82) is 0 Å². The SMILES string of the molecule is O=[N+]([O-])c1ccc2c(c1)C1(Cc3cc(CO)c(CO)cc3C1)c1cc([N+](=O)[O-])ccc1-2. The molecule has 0 radical (unpaired) electrons. The minimum Gasteiger partial charge on any atom is -0.392 e. The van der Waals surface area contributed by atoms with Gasteiger partial charge in [0.25, 0.3) is 11.4 Å². The second kappa shape index (κ2) is 6.69. The number of aliphatic hydroxyl groups excluding tert-OH is 2.